The third-order valence-electron chi connectivity index (χ3n) is 1.99. The minimum absolute atomic E-state index is 0.0744. The van der Waals surface area contributed by atoms with E-state index in [-0.39, 0.29) is 18.8 Å². The molecule has 0 saturated carbocycles. The zero-order valence-corrected chi connectivity index (χ0v) is 8.45. The van der Waals surface area contributed by atoms with Crippen LogP contribution in [0.5, 0.6) is 5.75 Å². The van der Waals surface area contributed by atoms with Crippen molar-refractivity contribution in [1.29, 1.82) is 0 Å². The highest BCUT2D eigenvalue weighted by Gasteiger charge is 2.10. The second-order valence-corrected chi connectivity index (χ2v) is 3.48. The number of rotatable bonds is 4. The molecule has 0 bridgehead atoms. The van der Waals surface area contributed by atoms with E-state index in [1.54, 1.807) is 19.2 Å². The fraction of sp³-hybridized carbons (Fsp3) is 0.400. The molecule has 0 unspecified atom stereocenters. The SMILES string of the molecule is CN(Cc1cc(N)ccc1O)CC(F)F. The minimum atomic E-state index is -2.38. The molecule has 0 heterocycles. The molecule has 0 radical (unpaired) electrons. The number of phenols is 1. The van der Waals surface area contributed by atoms with Gasteiger partial charge in [-0.15, -0.1) is 0 Å². The lowest BCUT2D eigenvalue weighted by Crippen LogP contribution is -2.24. The molecule has 0 aromatic heterocycles. The zero-order valence-electron chi connectivity index (χ0n) is 8.45. The van der Waals surface area contributed by atoms with Crippen LogP contribution in [0, 0.1) is 0 Å². The Morgan fingerprint density at radius 1 is 1.47 bits per heavy atom. The number of anilines is 1. The van der Waals surface area contributed by atoms with Crippen molar-refractivity contribution in [2.45, 2.75) is 13.0 Å². The topological polar surface area (TPSA) is 49.5 Å². The molecule has 0 aliphatic heterocycles. The predicted molar refractivity (Wildman–Crippen MR) is 54.9 cm³/mol. The Morgan fingerprint density at radius 3 is 2.73 bits per heavy atom. The molecule has 0 saturated heterocycles. The molecule has 0 amide bonds. The number of benzene rings is 1. The Hall–Kier alpha value is -1.36. The molecular formula is C10H14F2N2O. The van der Waals surface area contributed by atoms with E-state index in [2.05, 4.69) is 0 Å². The Kier molecular flexibility index (Phi) is 3.85. The average Bonchev–Trinajstić information content (AvgIpc) is 2.10. The number of aromatic hydroxyl groups is 1. The molecule has 0 atom stereocenters. The van der Waals surface area contributed by atoms with Crippen molar-refractivity contribution < 1.29 is 13.9 Å². The van der Waals surface area contributed by atoms with Crippen molar-refractivity contribution in [2.75, 3.05) is 19.3 Å². The van der Waals surface area contributed by atoms with E-state index in [4.69, 9.17) is 5.73 Å². The maximum absolute atomic E-state index is 12.0. The standard InChI is InChI=1S/C10H14F2N2O/c1-14(6-10(11)12)5-7-4-8(13)2-3-9(7)15/h2-4,10,15H,5-6,13H2,1H3. The molecule has 3 N–H and O–H groups in total. The summed E-state index contributed by atoms with van der Waals surface area (Å²) >= 11 is 0. The highest BCUT2D eigenvalue weighted by molar-refractivity contribution is 5.47. The van der Waals surface area contributed by atoms with Gasteiger partial charge in [0.05, 0.1) is 6.54 Å². The second kappa shape index (κ2) is 4.93. The van der Waals surface area contributed by atoms with Crippen molar-refractivity contribution in [3.8, 4) is 5.75 Å². The first-order valence-corrected chi connectivity index (χ1v) is 4.53. The van der Waals surface area contributed by atoms with Crippen LogP contribution in [-0.2, 0) is 6.54 Å². The van der Waals surface area contributed by atoms with Gasteiger partial charge in [0.15, 0.2) is 0 Å². The molecule has 1 rings (SSSR count). The van der Waals surface area contributed by atoms with E-state index in [9.17, 15) is 13.9 Å². The third kappa shape index (κ3) is 3.71. The lowest BCUT2D eigenvalue weighted by atomic mass is 10.1. The van der Waals surface area contributed by atoms with Gasteiger partial charge in [-0.05, 0) is 25.2 Å². The van der Waals surface area contributed by atoms with Crippen LogP contribution in [0.2, 0.25) is 0 Å². The summed E-state index contributed by atoms with van der Waals surface area (Å²) in [4.78, 5) is 1.43. The van der Waals surface area contributed by atoms with Crippen LogP contribution < -0.4 is 5.73 Å². The number of hydrogen-bond donors (Lipinski definition) is 2. The summed E-state index contributed by atoms with van der Waals surface area (Å²) in [5.74, 6) is 0.0744. The number of hydrogen-bond acceptors (Lipinski definition) is 3. The fourth-order valence-electron chi connectivity index (χ4n) is 1.32. The van der Waals surface area contributed by atoms with E-state index in [1.807, 2.05) is 0 Å². The smallest absolute Gasteiger partial charge is 0.251 e. The van der Waals surface area contributed by atoms with Gasteiger partial charge in [0.2, 0.25) is 0 Å². The maximum Gasteiger partial charge on any atom is 0.251 e. The second-order valence-electron chi connectivity index (χ2n) is 3.48. The molecule has 5 heteroatoms. The summed E-state index contributed by atoms with van der Waals surface area (Å²) in [5, 5.41) is 9.45. The van der Waals surface area contributed by atoms with Crippen molar-refractivity contribution in [3.05, 3.63) is 23.8 Å². The van der Waals surface area contributed by atoms with Crippen molar-refractivity contribution >= 4 is 5.69 Å². The number of nitrogen functional groups attached to an aromatic ring is 1. The summed E-state index contributed by atoms with van der Waals surface area (Å²) in [7, 11) is 1.56. The first-order valence-electron chi connectivity index (χ1n) is 4.53. The van der Waals surface area contributed by atoms with Crippen LogP contribution >= 0.6 is 0 Å². The van der Waals surface area contributed by atoms with Gasteiger partial charge in [-0.25, -0.2) is 8.78 Å². The van der Waals surface area contributed by atoms with Crippen LogP contribution in [-0.4, -0.2) is 30.0 Å². The predicted octanol–water partition coefficient (Wildman–Crippen LogP) is 1.67. The van der Waals surface area contributed by atoms with Crippen LogP contribution in [0.1, 0.15) is 5.56 Å². The normalized spacial score (nSPS) is 11.3. The Bertz CT molecular complexity index is 331. The molecule has 84 valence electrons. The quantitative estimate of drug-likeness (QED) is 0.594. The first-order chi connectivity index (χ1) is 6.99. The van der Waals surface area contributed by atoms with Crippen molar-refractivity contribution in [2.24, 2.45) is 0 Å². The first kappa shape index (κ1) is 11.7. The van der Waals surface area contributed by atoms with Gasteiger partial charge in [0.1, 0.15) is 5.75 Å². The number of nitrogens with two attached hydrogens (primary N) is 1. The number of halogens is 2. The Morgan fingerprint density at radius 2 is 2.13 bits per heavy atom. The third-order valence-corrected chi connectivity index (χ3v) is 1.99. The average molecular weight is 216 g/mol. The lowest BCUT2D eigenvalue weighted by molar-refractivity contribution is 0.0972. The summed E-state index contributed by atoms with van der Waals surface area (Å²) in [5.41, 5.74) is 6.59. The van der Waals surface area contributed by atoms with Crippen LogP contribution in [0.3, 0.4) is 0 Å². The van der Waals surface area contributed by atoms with Gasteiger partial charge >= 0.3 is 0 Å². The highest BCUT2D eigenvalue weighted by atomic mass is 19.3. The lowest BCUT2D eigenvalue weighted by Gasteiger charge is -2.16. The molecule has 0 fully saturated rings. The molecular weight excluding hydrogens is 202 g/mol. The van der Waals surface area contributed by atoms with Crippen LogP contribution in [0.15, 0.2) is 18.2 Å². The van der Waals surface area contributed by atoms with Gasteiger partial charge in [-0.3, -0.25) is 4.90 Å². The molecule has 0 aliphatic rings. The Labute approximate surface area is 87.1 Å². The minimum Gasteiger partial charge on any atom is -0.508 e. The maximum atomic E-state index is 12.0. The number of alkyl halides is 2. The van der Waals surface area contributed by atoms with Gasteiger partial charge in [0, 0.05) is 17.8 Å². The van der Waals surface area contributed by atoms with E-state index in [0.29, 0.717) is 11.3 Å². The van der Waals surface area contributed by atoms with E-state index < -0.39 is 6.43 Å². The van der Waals surface area contributed by atoms with Crippen LogP contribution in [0.25, 0.3) is 0 Å². The summed E-state index contributed by atoms with van der Waals surface area (Å²) in [6, 6.07) is 4.60. The fourth-order valence-corrected chi connectivity index (χ4v) is 1.32. The summed E-state index contributed by atoms with van der Waals surface area (Å²) in [6.07, 6.45) is -2.38. The van der Waals surface area contributed by atoms with Crippen LogP contribution in [0.4, 0.5) is 14.5 Å². The van der Waals surface area contributed by atoms with E-state index >= 15 is 0 Å². The molecule has 3 nitrogen and oxygen atoms in total. The molecule has 0 spiro atoms. The highest BCUT2D eigenvalue weighted by Crippen LogP contribution is 2.21. The summed E-state index contributed by atoms with van der Waals surface area (Å²) in [6.45, 7) is -0.0740. The van der Waals surface area contributed by atoms with Gasteiger partial charge in [0.25, 0.3) is 6.43 Å². The molecule has 15 heavy (non-hydrogen) atoms. The van der Waals surface area contributed by atoms with Gasteiger partial charge < -0.3 is 10.8 Å². The number of phenolic OH excluding ortho intramolecular Hbond substituents is 1. The van der Waals surface area contributed by atoms with E-state index in [1.165, 1.54) is 11.0 Å². The molecule has 1 aromatic carbocycles. The van der Waals surface area contributed by atoms with E-state index in [0.717, 1.165) is 0 Å². The molecule has 1 aromatic rings. The van der Waals surface area contributed by atoms with Crippen molar-refractivity contribution in [1.82, 2.24) is 4.90 Å². The largest absolute Gasteiger partial charge is 0.508 e. The van der Waals surface area contributed by atoms with Gasteiger partial charge in [-0.2, -0.15) is 0 Å². The van der Waals surface area contributed by atoms with Crippen molar-refractivity contribution in [3.63, 3.8) is 0 Å². The monoisotopic (exact) mass is 216 g/mol. The molecule has 0 aliphatic carbocycles. The van der Waals surface area contributed by atoms with Gasteiger partial charge in [-0.1, -0.05) is 0 Å². The number of nitrogens with zero attached hydrogens (tertiary/aromatic N) is 1. The Balaban J connectivity index is 2.67. The summed E-state index contributed by atoms with van der Waals surface area (Å²) < 4.78 is 24.1. The zero-order chi connectivity index (χ0) is 11.4.